The van der Waals surface area contributed by atoms with Crippen LogP contribution in [-0.2, 0) is 9.47 Å². The molecule has 3 heteroatoms. The monoisotopic (exact) mass is 253 g/mol. The van der Waals surface area contributed by atoms with Crippen LogP contribution in [0.25, 0.3) is 0 Å². The topological polar surface area (TPSA) is 30.5 Å². The maximum absolute atomic E-state index is 5.97. The van der Waals surface area contributed by atoms with Gasteiger partial charge in [-0.15, -0.1) is 0 Å². The van der Waals surface area contributed by atoms with E-state index < -0.39 is 0 Å². The van der Waals surface area contributed by atoms with Crippen molar-refractivity contribution < 1.29 is 9.47 Å². The minimum absolute atomic E-state index is 0.298. The van der Waals surface area contributed by atoms with E-state index >= 15 is 0 Å². The molecule has 2 aliphatic heterocycles. The van der Waals surface area contributed by atoms with Crippen LogP contribution in [0, 0.1) is 11.3 Å². The van der Waals surface area contributed by atoms with Crippen LogP contribution in [0.2, 0.25) is 0 Å². The molecule has 3 fully saturated rings. The Hall–Kier alpha value is -0.120. The average Bonchev–Trinajstić information content (AvgIpc) is 2.36. The molecule has 3 nitrogen and oxygen atoms in total. The first-order chi connectivity index (χ1) is 8.59. The summed E-state index contributed by atoms with van der Waals surface area (Å²) < 4.78 is 11.6. The first kappa shape index (κ1) is 12.9. The number of ether oxygens (including phenoxy) is 2. The van der Waals surface area contributed by atoms with E-state index in [1.165, 1.54) is 12.8 Å². The number of rotatable bonds is 2. The standard InChI is InChI=1S/C15H27NO2/c1-10-9-11(6-8-17-10)16-13-12-5-4-7-18-14(12)15(13,2)3/h10-14,16H,4-9H2,1-3H3. The Balaban J connectivity index is 1.61. The molecule has 18 heavy (non-hydrogen) atoms. The minimum Gasteiger partial charge on any atom is -0.378 e. The van der Waals surface area contributed by atoms with Crippen molar-refractivity contribution in [3.05, 3.63) is 0 Å². The first-order valence-corrected chi connectivity index (χ1v) is 7.58. The zero-order valence-electron chi connectivity index (χ0n) is 11.9. The molecule has 0 aromatic rings. The first-order valence-electron chi connectivity index (χ1n) is 7.58. The lowest BCUT2D eigenvalue weighted by atomic mass is 9.55. The molecule has 0 radical (unpaired) electrons. The van der Waals surface area contributed by atoms with Gasteiger partial charge in [-0.1, -0.05) is 13.8 Å². The van der Waals surface area contributed by atoms with Crippen LogP contribution in [0.5, 0.6) is 0 Å². The second-order valence-electron chi connectivity index (χ2n) is 6.97. The quantitative estimate of drug-likeness (QED) is 0.819. The summed E-state index contributed by atoms with van der Waals surface area (Å²) in [6.45, 7) is 8.79. The van der Waals surface area contributed by atoms with Gasteiger partial charge in [0.15, 0.2) is 0 Å². The molecular weight excluding hydrogens is 226 g/mol. The lowest BCUT2D eigenvalue weighted by molar-refractivity contribution is -0.196. The second-order valence-corrected chi connectivity index (χ2v) is 6.97. The van der Waals surface area contributed by atoms with Crippen molar-refractivity contribution in [3.63, 3.8) is 0 Å². The smallest absolute Gasteiger partial charge is 0.0684 e. The fourth-order valence-corrected chi connectivity index (χ4v) is 4.26. The molecule has 1 N–H and O–H groups in total. The van der Waals surface area contributed by atoms with E-state index in [2.05, 4.69) is 26.1 Å². The van der Waals surface area contributed by atoms with E-state index in [1.54, 1.807) is 0 Å². The highest BCUT2D eigenvalue weighted by atomic mass is 16.5. The van der Waals surface area contributed by atoms with Crippen molar-refractivity contribution >= 4 is 0 Å². The summed E-state index contributed by atoms with van der Waals surface area (Å²) in [5.41, 5.74) is 0.298. The van der Waals surface area contributed by atoms with Crippen LogP contribution in [0.3, 0.4) is 0 Å². The summed E-state index contributed by atoms with van der Waals surface area (Å²) in [6, 6.07) is 1.28. The predicted molar refractivity (Wildman–Crippen MR) is 71.6 cm³/mol. The van der Waals surface area contributed by atoms with E-state index in [0.29, 0.717) is 29.7 Å². The zero-order chi connectivity index (χ0) is 12.8. The van der Waals surface area contributed by atoms with Crippen LogP contribution in [-0.4, -0.2) is 37.5 Å². The summed E-state index contributed by atoms with van der Waals surface area (Å²) in [5.74, 6) is 0.743. The molecular formula is C15H27NO2. The molecule has 3 aliphatic rings. The molecule has 3 rings (SSSR count). The van der Waals surface area contributed by atoms with Crippen molar-refractivity contribution in [1.29, 1.82) is 0 Å². The molecule has 1 aliphatic carbocycles. The molecule has 5 atom stereocenters. The van der Waals surface area contributed by atoms with Crippen LogP contribution in [0.15, 0.2) is 0 Å². The molecule has 2 saturated heterocycles. The van der Waals surface area contributed by atoms with Gasteiger partial charge in [-0.2, -0.15) is 0 Å². The SMILES string of the molecule is CC1CC(NC2C3CCCOC3C2(C)C)CCO1. The van der Waals surface area contributed by atoms with Crippen molar-refractivity contribution in [3.8, 4) is 0 Å². The molecule has 104 valence electrons. The Morgan fingerprint density at radius 3 is 2.72 bits per heavy atom. The van der Waals surface area contributed by atoms with E-state index in [0.717, 1.165) is 32.0 Å². The normalized spacial score (nSPS) is 47.2. The van der Waals surface area contributed by atoms with Gasteiger partial charge < -0.3 is 14.8 Å². The number of fused-ring (bicyclic) bond motifs is 1. The highest BCUT2D eigenvalue weighted by Gasteiger charge is 2.58. The molecule has 0 aromatic carbocycles. The van der Waals surface area contributed by atoms with Gasteiger partial charge in [0.05, 0.1) is 12.2 Å². The Kier molecular flexibility index (Phi) is 3.41. The summed E-state index contributed by atoms with van der Waals surface area (Å²) in [5, 5.41) is 3.92. The third-order valence-electron chi connectivity index (χ3n) is 5.23. The van der Waals surface area contributed by atoms with Crippen LogP contribution < -0.4 is 5.32 Å². The minimum atomic E-state index is 0.298. The van der Waals surface area contributed by atoms with Gasteiger partial charge in [0.1, 0.15) is 0 Å². The van der Waals surface area contributed by atoms with Crippen LogP contribution >= 0.6 is 0 Å². The third kappa shape index (κ3) is 2.10. The van der Waals surface area contributed by atoms with Gasteiger partial charge in [0.25, 0.3) is 0 Å². The Bertz CT molecular complexity index is 305. The van der Waals surface area contributed by atoms with Gasteiger partial charge in [0, 0.05) is 36.6 Å². The maximum atomic E-state index is 5.97. The summed E-state index contributed by atoms with van der Waals surface area (Å²) in [6.07, 6.45) is 5.79. The highest BCUT2D eigenvalue weighted by Crippen LogP contribution is 2.51. The van der Waals surface area contributed by atoms with E-state index in [1.807, 2.05) is 0 Å². The number of hydrogen-bond donors (Lipinski definition) is 1. The molecule has 0 aromatic heterocycles. The second kappa shape index (κ2) is 4.77. The van der Waals surface area contributed by atoms with Gasteiger partial charge in [-0.05, 0) is 32.6 Å². The molecule has 2 heterocycles. The third-order valence-corrected chi connectivity index (χ3v) is 5.23. The highest BCUT2D eigenvalue weighted by molar-refractivity contribution is 5.11. The fraction of sp³-hybridized carbons (Fsp3) is 1.00. The van der Waals surface area contributed by atoms with Crippen LogP contribution in [0.4, 0.5) is 0 Å². The van der Waals surface area contributed by atoms with E-state index in [-0.39, 0.29) is 0 Å². The molecule has 1 saturated carbocycles. The summed E-state index contributed by atoms with van der Waals surface area (Å²) in [7, 11) is 0. The van der Waals surface area contributed by atoms with Gasteiger partial charge in [-0.3, -0.25) is 0 Å². The lowest BCUT2D eigenvalue weighted by Gasteiger charge is -2.61. The van der Waals surface area contributed by atoms with Crippen LogP contribution in [0.1, 0.15) is 46.5 Å². The van der Waals surface area contributed by atoms with Crippen molar-refractivity contribution in [2.24, 2.45) is 11.3 Å². The largest absolute Gasteiger partial charge is 0.378 e. The summed E-state index contributed by atoms with van der Waals surface area (Å²) in [4.78, 5) is 0. The molecule has 5 unspecified atom stereocenters. The van der Waals surface area contributed by atoms with Crippen molar-refractivity contribution in [1.82, 2.24) is 5.32 Å². The molecule has 0 amide bonds. The van der Waals surface area contributed by atoms with Crippen molar-refractivity contribution in [2.75, 3.05) is 13.2 Å². The number of nitrogens with one attached hydrogen (secondary N) is 1. The fourth-order valence-electron chi connectivity index (χ4n) is 4.26. The predicted octanol–water partition coefficient (Wildman–Crippen LogP) is 2.35. The molecule has 0 spiro atoms. The zero-order valence-corrected chi connectivity index (χ0v) is 11.9. The average molecular weight is 253 g/mol. The van der Waals surface area contributed by atoms with Gasteiger partial charge in [-0.25, -0.2) is 0 Å². The van der Waals surface area contributed by atoms with E-state index in [4.69, 9.17) is 9.47 Å². The Labute approximate surface area is 111 Å². The van der Waals surface area contributed by atoms with Gasteiger partial charge in [0.2, 0.25) is 0 Å². The van der Waals surface area contributed by atoms with Gasteiger partial charge >= 0.3 is 0 Å². The van der Waals surface area contributed by atoms with E-state index in [9.17, 15) is 0 Å². The lowest BCUT2D eigenvalue weighted by Crippen LogP contribution is -2.70. The summed E-state index contributed by atoms with van der Waals surface area (Å²) >= 11 is 0. The number of hydrogen-bond acceptors (Lipinski definition) is 3. The Morgan fingerprint density at radius 1 is 1.11 bits per heavy atom. The van der Waals surface area contributed by atoms with Crippen molar-refractivity contribution in [2.45, 2.75) is 70.7 Å². The Morgan fingerprint density at radius 2 is 1.94 bits per heavy atom. The molecule has 0 bridgehead atoms. The maximum Gasteiger partial charge on any atom is 0.0684 e.